The van der Waals surface area contributed by atoms with Gasteiger partial charge in [-0.1, -0.05) is 40.6 Å². The molecule has 0 saturated carbocycles. The van der Waals surface area contributed by atoms with Crippen LogP contribution in [0, 0.1) is 6.92 Å². The third-order valence-electron chi connectivity index (χ3n) is 4.91. The Morgan fingerprint density at radius 3 is 2.81 bits per heavy atom. The summed E-state index contributed by atoms with van der Waals surface area (Å²) >= 11 is 14.0. The van der Waals surface area contributed by atoms with E-state index < -0.39 is 0 Å². The molecule has 2 aromatic carbocycles. The summed E-state index contributed by atoms with van der Waals surface area (Å²) in [6.45, 7) is 3.16. The van der Waals surface area contributed by atoms with Crippen molar-refractivity contribution in [3.8, 4) is 5.75 Å². The number of rotatable bonds is 7. The second-order valence-electron chi connectivity index (χ2n) is 6.99. The van der Waals surface area contributed by atoms with Crippen LogP contribution in [0.4, 0.5) is 5.13 Å². The maximum Gasteiger partial charge on any atom is 0.263 e. The van der Waals surface area contributed by atoms with E-state index in [4.69, 9.17) is 32.9 Å². The van der Waals surface area contributed by atoms with Gasteiger partial charge in [0.1, 0.15) is 5.75 Å². The van der Waals surface area contributed by atoms with Gasteiger partial charge in [0, 0.05) is 30.5 Å². The number of benzene rings is 2. The zero-order valence-electron chi connectivity index (χ0n) is 17.0. The van der Waals surface area contributed by atoms with E-state index in [0.717, 1.165) is 22.3 Å². The maximum absolute atomic E-state index is 13.6. The van der Waals surface area contributed by atoms with Crippen LogP contribution in [0.15, 0.2) is 49.1 Å². The van der Waals surface area contributed by atoms with Gasteiger partial charge in [-0.2, -0.15) is 0 Å². The Hall–Kier alpha value is -2.61. The lowest BCUT2D eigenvalue weighted by atomic mass is 10.1. The summed E-state index contributed by atoms with van der Waals surface area (Å²) in [5.74, 6) is 0.238. The van der Waals surface area contributed by atoms with Crippen LogP contribution in [0.5, 0.6) is 5.75 Å². The molecule has 0 spiro atoms. The number of aromatic nitrogens is 3. The van der Waals surface area contributed by atoms with Crippen molar-refractivity contribution in [2.24, 2.45) is 0 Å². The number of carbonyl (C=O) groups is 1. The Morgan fingerprint density at radius 2 is 2.10 bits per heavy atom. The minimum atomic E-state index is -0.224. The summed E-state index contributed by atoms with van der Waals surface area (Å²) in [7, 11) is 1.53. The summed E-state index contributed by atoms with van der Waals surface area (Å²) in [5.41, 5.74) is 2.20. The first-order valence-corrected chi connectivity index (χ1v) is 11.2. The fourth-order valence-corrected chi connectivity index (χ4v) is 4.83. The Kier molecular flexibility index (Phi) is 6.46. The predicted octanol–water partition coefficient (Wildman–Crippen LogP) is 5.85. The van der Waals surface area contributed by atoms with E-state index >= 15 is 0 Å². The van der Waals surface area contributed by atoms with Crippen LogP contribution in [0.2, 0.25) is 10.0 Å². The van der Waals surface area contributed by atoms with Crippen molar-refractivity contribution in [3.63, 3.8) is 0 Å². The molecular weight excluding hydrogens is 455 g/mol. The third kappa shape index (κ3) is 4.54. The number of hydrogen-bond donors (Lipinski definition) is 0. The lowest BCUT2D eigenvalue weighted by Crippen LogP contribution is -2.32. The van der Waals surface area contributed by atoms with Gasteiger partial charge >= 0.3 is 0 Å². The summed E-state index contributed by atoms with van der Waals surface area (Å²) < 4.78 is 8.25. The quantitative estimate of drug-likeness (QED) is 0.336. The Balaban J connectivity index is 1.72. The van der Waals surface area contributed by atoms with Crippen LogP contribution in [0.3, 0.4) is 0 Å². The largest absolute Gasteiger partial charge is 0.496 e. The average Bonchev–Trinajstić information content (AvgIpc) is 3.44. The number of nitrogens with zero attached hydrogens (tertiary/aromatic N) is 4. The van der Waals surface area contributed by atoms with Gasteiger partial charge < -0.3 is 9.30 Å². The van der Waals surface area contributed by atoms with E-state index in [1.807, 2.05) is 29.8 Å². The molecule has 1 amide bonds. The van der Waals surface area contributed by atoms with E-state index in [1.54, 1.807) is 35.6 Å². The Morgan fingerprint density at radius 1 is 1.26 bits per heavy atom. The topological polar surface area (TPSA) is 60.2 Å². The van der Waals surface area contributed by atoms with Crippen molar-refractivity contribution in [1.82, 2.24) is 14.5 Å². The van der Waals surface area contributed by atoms with Crippen molar-refractivity contribution in [2.75, 3.05) is 18.6 Å². The second-order valence-corrected chi connectivity index (χ2v) is 8.82. The van der Waals surface area contributed by atoms with Crippen LogP contribution in [-0.2, 0) is 6.54 Å². The summed E-state index contributed by atoms with van der Waals surface area (Å²) in [5, 5.41) is 1.67. The standard InChI is InChI=1S/C22H20Cl2N4O2S/c1-14-4-6-17(24)20-19(14)26-22(31-20)28(10-3-9-27-11-8-25-13-27)21(29)16-12-15(23)5-7-18(16)30-2/h4-8,11-13H,3,9-10H2,1-2H3. The molecule has 0 saturated heterocycles. The van der Waals surface area contributed by atoms with Crippen LogP contribution >= 0.6 is 34.5 Å². The van der Waals surface area contributed by atoms with Gasteiger partial charge in [-0.05, 0) is 43.2 Å². The van der Waals surface area contributed by atoms with Gasteiger partial charge in [-0.15, -0.1) is 0 Å². The lowest BCUT2D eigenvalue weighted by Gasteiger charge is -2.21. The SMILES string of the molecule is COc1ccc(Cl)cc1C(=O)N(CCCn1ccnc1)c1nc2c(C)ccc(Cl)c2s1. The number of hydrogen-bond acceptors (Lipinski definition) is 5. The molecule has 0 aliphatic carbocycles. The number of carbonyl (C=O) groups excluding carboxylic acids is 1. The van der Waals surface area contributed by atoms with E-state index in [2.05, 4.69) is 4.98 Å². The number of fused-ring (bicyclic) bond motifs is 1. The summed E-state index contributed by atoms with van der Waals surface area (Å²) in [6, 6.07) is 8.79. The molecule has 0 aliphatic rings. The zero-order valence-corrected chi connectivity index (χ0v) is 19.3. The normalized spacial score (nSPS) is 11.1. The van der Waals surface area contributed by atoms with Gasteiger partial charge in [0.2, 0.25) is 0 Å². The van der Waals surface area contributed by atoms with Crippen molar-refractivity contribution < 1.29 is 9.53 Å². The number of halogens is 2. The molecule has 4 rings (SSSR count). The smallest absolute Gasteiger partial charge is 0.263 e. The Labute approximate surface area is 194 Å². The van der Waals surface area contributed by atoms with Gasteiger partial charge in [0.15, 0.2) is 5.13 Å². The van der Waals surface area contributed by atoms with Gasteiger partial charge in [0.05, 0.1) is 34.2 Å². The highest BCUT2D eigenvalue weighted by atomic mass is 35.5. The predicted molar refractivity (Wildman–Crippen MR) is 126 cm³/mol. The molecule has 0 aliphatic heterocycles. The highest BCUT2D eigenvalue weighted by Crippen LogP contribution is 2.37. The van der Waals surface area contributed by atoms with Crippen LogP contribution in [0.1, 0.15) is 22.3 Å². The molecule has 0 atom stereocenters. The molecule has 6 nitrogen and oxygen atoms in total. The molecule has 0 unspecified atom stereocenters. The number of thiazole rings is 1. The fraction of sp³-hybridized carbons (Fsp3) is 0.227. The van der Waals surface area contributed by atoms with E-state index in [9.17, 15) is 4.79 Å². The number of anilines is 1. The molecule has 4 aromatic rings. The Bertz CT molecular complexity index is 1180. The minimum Gasteiger partial charge on any atom is -0.496 e. The van der Waals surface area contributed by atoms with Crippen LogP contribution in [-0.4, -0.2) is 34.1 Å². The number of aryl methyl sites for hydroxylation is 2. The van der Waals surface area contributed by atoms with Crippen molar-refractivity contribution in [2.45, 2.75) is 19.9 Å². The molecule has 0 N–H and O–H groups in total. The van der Waals surface area contributed by atoms with Crippen molar-refractivity contribution in [1.29, 1.82) is 0 Å². The van der Waals surface area contributed by atoms with E-state index in [-0.39, 0.29) is 5.91 Å². The first-order valence-electron chi connectivity index (χ1n) is 9.64. The molecular formula is C22H20Cl2N4O2S. The van der Waals surface area contributed by atoms with Crippen LogP contribution in [0.25, 0.3) is 10.2 Å². The lowest BCUT2D eigenvalue weighted by molar-refractivity contribution is 0.0983. The summed E-state index contributed by atoms with van der Waals surface area (Å²) in [6.07, 6.45) is 6.10. The minimum absolute atomic E-state index is 0.224. The highest BCUT2D eigenvalue weighted by Gasteiger charge is 2.25. The van der Waals surface area contributed by atoms with Gasteiger partial charge in [-0.3, -0.25) is 9.69 Å². The monoisotopic (exact) mass is 474 g/mol. The molecule has 31 heavy (non-hydrogen) atoms. The highest BCUT2D eigenvalue weighted by molar-refractivity contribution is 7.23. The molecule has 2 heterocycles. The number of methoxy groups -OCH3 is 1. The molecule has 2 aromatic heterocycles. The first-order chi connectivity index (χ1) is 15.0. The van der Waals surface area contributed by atoms with Crippen molar-refractivity contribution >= 4 is 55.8 Å². The number of imidazole rings is 1. The fourth-order valence-electron chi connectivity index (χ4n) is 3.31. The average molecular weight is 475 g/mol. The molecule has 160 valence electrons. The van der Waals surface area contributed by atoms with Gasteiger partial charge in [-0.25, -0.2) is 9.97 Å². The zero-order chi connectivity index (χ0) is 22.0. The maximum atomic E-state index is 13.6. The molecule has 0 bridgehead atoms. The third-order valence-corrected chi connectivity index (χ3v) is 6.68. The molecule has 9 heteroatoms. The number of amides is 1. The van der Waals surface area contributed by atoms with E-state index in [1.165, 1.54) is 18.4 Å². The second kappa shape index (κ2) is 9.26. The molecule has 0 fully saturated rings. The summed E-state index contributed by atoms with van der Waals surface area (Å²) in [4.78, 5) is 24.1. The van der Waals surface area contributed by atoms with Crippen molar-refractivity contribution in [3.05, 3.63) is 70.2 Å². The van der Waals surface area contributed by atoms with E-state index in [0.29, 0.717) is 39.5 Å². The first kappa shape index (κ1) is 21.6. The van der Waals surface area contributed by atoms with Gasteiger partial charge in [0.25, 0.3) is 5.91 Å². The number of ether oxygens (including phenoxy) is 1. The van der Waals surface area contributed by atoms with Crippen LogP contribution < -0.4 is 9.64 Å². The molecule has 0 radical (unpaired) electrons.